The first kappa shape index (κ1) is 11.9. The predicted molar refractivity (Wildman–Crippen MR) is 71.6 cm³/mol. The van der Waals surface area contributed by atoms with Crippen molar-refractivity contribution in [3.63, 3.8) is 0 Å². The van der Waals surface area contributed by atoms with Crippen LogP contribution in [0, 0.1) is 6.92 Å². The molecule has 0 aromatic carbocycles. The summed E-state index contributed by atoms with van der Waals surface area (Å²) in [6.07, 6.45) is 5.69. The summed E-state index contributed by atoms with van der Waals surface area (Å²) in [5, 5.41) is 6.32. The fourth-order valence-electron chi connectivity index (χ4n) is 1.67. The minimum Gasteiger partial charge on any atom is -0.352 e. The highest BCUT2D eigenvalue weighted by Gasteiger charge is 2.14. The zero-order chi connectivity index (χ0) is 12.3. The summed E-state index contributed by atoms with van der Waals surface area (Å²) < 4.78 is 2.11. The molecule has 0 fully saturated rings. The predicted octanol–water partition coefficient (Wildman–Crippen LogP) is 2.86. The molecule has 0 aliphatic carbocycles. The normalized spacial score (nSPS) is 12.4. The number of nitrogens with one attached hydrogen (secondary N) is 1. The number of aryl methyl sites for hydroxylation is 1. The van der Waals surface area contributed by atoms with Crippen LogP contribution in [0.5, 0.6) is 0 Å². The van der Waals surface area contributed by atoms with Gasteiger partial charge in [-0.2, -0.15) is 0 Å². The monoisotopic (exact) mass is 248 g/mol. The van der Waals surface area contributed by atoms with Crippen molar-refractivity contribution in [2.75, 3.05) is 11.9 Å². The maximum Gasteiger partial charge on any atom is 0.203 e. The number of hydrogen-bond donors (Lipinski definition) is 1. The number of anilines is 1. The molecule has 0 amide bonds. The Labute approximate surface area is 105 Å². The minimum absolute atomic E-state index is 0.198. The van der Waals surface area contributed by atoms with Crippen LogP contribution < -0.4 is 5.32 Å². The maximum absolute atomic E-state index is 4.46. The van der Waals surface area contributed by atoms with E-state index in [4.69, 9.17) is 0 Å². The first-order chi connectivity index (χ1) is 8.22. The van der Waals surface area contributed by atoms with Crippen molar-refractivity contribution < 1.29 is 0 Å². The van der Waals surface area contributed by atoms with Crippen molar-refractivity contribution in [3.8, 4) is 0 Å². The molecule has 0 aliphatic heterocycles. The first-order valence-corrected chi connectivity index (χ1v) is 6.40. The van der Waals surface area contributed by atoms with Gasteiger partial charge in [0.05, 0.1) is 11.7 Å². The van der Waals surface area contributed by atoms with Gasteiger partial charge in [0.25, 0.3) is 0 Å². The Hall–Kier alpha value is -1.62. The molecule has 2 rings (SSSR count). The number of nitrogens with zero attached hydrogens (tertiary/aromatic N) is 3. The van der Waals surface area contributed by atoms with Crippen LogP contribution in [0.3, 0.4) is 0 Å². The Bertz CT molecular complexity index is 487. The lowest BCUT2D eigenvalue weighted by Gasteiger charge is -2.14. The summed E-state index contributed by atoms with van der Waals surface area (Å²) >= 11 is 1.66. The van der Waals surface area contributed by atoms with E-state index in [2.05, 4.69) is 33.4 Å². The second-order valence-electron chi connectivity index (χ2n) is 3.83. The average Bonchev–Trinajstić information content (AvgIpc) is 2.94. The Morgan fingerprint density at radius 3 is 3.12 bits per heavy atom. The zero-order valence-corrected chi connectivity index (χ0v) is 10.9. The van der Waals surface area contributed by atoms with Crippen LogP contribution in [-0.4, -0.2) is 21.1 Å². The minimum atomic E-state index is 0.198. The van der Waals surface area contributed by atoms with Gasteiger partial charge in [-0.1, -0.05) is 6.08 Å². The van der Waals surface area contributed by atoms with Crippen LogP contribution in [0.4, 0.5) is 5.95 Å². The van der Waals surface area contributed by atoms with Gasteiger partial charge in [-0.15, -0.1) is 17.9 Å². The fourth-order valence-corrected chi connectivity index (χ4v) is 2.36. The van der Waals surface area contributed by atoms with Crippen molar-refractivity contribution in [2.24, 2.45) is 0 Å². The Balaban J connectivity index is 2.27. The van der Waals surface area contributed by atoms with Crippen LogP contribution in [0.2, 0.25) is 0 Å². The molecule has 0 aliphatic rings. The van der Waals surface area contributed by atoms with Crippen molar-refractivity contribution >= 4 is 17.3 Å². The van der Waals surface area contributed by atoms with E-state index >= 15 is 0 Å². The summed E-state index contributed by atoms with van der Waals surface area (Å²) in [5.74, 6) is 0.866. The van der Waals surface area contributed by atoms with Crippen molar-refractivity contribution in [2.45, 2.75) is 19.9 Å². The molecule has 1 N–H and O–H groups in total. The molecule has 2 aromatic heterocycles. The van der Waals surface area contributed by atoms with E-state index < -0.39 is 0 Å². The van der Waals surface area contributed by atoms with Crippen LogP contribution in [0.15, 0.2) is 30.4 Å². The molecule has 5 heteroatoms. The summed E-state index contributed by atoms with van der Waals surface area (Å²) in [7, 11) is 0. The van der Waals surface area contributed by atoms with E-state index in [1.165, 1.54) is 0 Å². The molecular formula is C12H16N4S. The van der Waals surface area contributed by atoms with Gasteiger partial charge in [0.2, 0.25) is 5.95 Å². The van der Waals surface area contributed by atoms with E-state index in [0.29, 0.717) is 6.54 Å². The van der Waals surface area contributed by atoms with E-state index in [1.807, 2.05) is 30.8 Å². The Kier molecular flexibility index (Phi) is 3.58. The van der Waals surface area contributed by atoms with Crippen molar-refractivity contribution in [3.05, 3.63) is 41.1 Å². The highest BCUT2D eigenvalue weighted by Crippen LogP contribution is 2.24. The highest BCUT2D eigenvalue weighted by molar-refractivity contribution is 7.09. The second kappa shape index (κ2) is 5.14. The quantitative estimate of drug-likeness (QED) is 0.827. The molecule has 0 saturated carbocycles. The molecule has 4 nitrogen and oxygen atoms in total. The molecule has 1 atom stereocenters. The maximum atomic E-state index is 4.46. The smallest absolute Gasteiger partial charge is 0.203 e. The van der Waals surface area contributed by atoms with Crippen molar-refractivity contribution in [1.82, 2.24) is 14.5 Å². The number of aromatic nitrogens is 3. The lowest BCUT2D eigenvalue weighted by Crippen LogP contribution is -2.11. The molecule has 90 valence electrons. The molecule has 1 unspecified atom stereocenters. The third-order valence-electron chi connectivity index (χ3n) is 2.48. The van der Waals surface area contributed by atoms with E-state index in [0.717, 1.165) is 16.6 Å². The number of imidazole rings is 1. The van der Waals surface area contributed by atoms with Gasteiger partial charge in [0.1, 0.15) is 5.01 Å². The van der Waals surface area contributed by atoms with Gasteiger partial charge in [-0.25, -0.2) is 9.97 Å². The third kappa shape index (κ3) is 2.55. The van der Waals surface area contributed by atoms with Gasteiger partial charge >= 0.3 is 0 Å². The van der Waals surface area contributed by atoms with E-state index in [-0.39, 0.29) is 6.04 Å². The summed E-state index contributed by atoms with van der Waals surface area (Å²) in [4.78, 5) is 8.81. The van der Waals surface area contributed by atoms with E-state index in [9.17, 15) is 0 Å². The largest absolute Gasteiger partial charge is 0.352 e. The summed E-state index contributed by atoms with van der Waals surface area (Å²) in [6, 6.07) is 0.198. The standard InChI is InChI=1S/C12H16N4S/c1-4-5-14-12-15-9(2)8-16(12)10(3)11-13-6-7-17-11/h4,6-8,10H,1,5H2,2-3H3,(H,14,15). The van der Waals surface area contributed by atoms with E-state index in [1.54, 1.807) is 11.3 Å². The Morgan fingerprint density at radius 2 is 2.47 bits per heavy atom. The summed E-state index contributed by atoms with van der Waals surface area (Å²) in [5.41, 5.74) is 1.000. The highest BCUT2D eigenvalue weighted by atomic mass is 32.1. The number of thiazole rings is 1. The van der Waals surface area contributed by atoms with Gasteiger partial charge in [-0.05, 0) is 13.8 Å². The van der Waals surface area contributed by atoms with Crippen LogP contribution in [0.25, 0.3) is 0 Å². The van der Waals surface area contributed by atoms with Crippen molar-refractivity contribution in [1.29, 1.82) is 0 Å². The van der Waals surface area contributed by atoms with Gasteiger partial charge < -0.3 is 9.88 Å². The van der Waals surface area contributed by atoms with Crippen LogP contribution >= 0.6 is 11.3 Å². The fraction of sp³-hybridized carbons (Fsp3) is 0.333. The van der Waals surface area contributed by atoms with Gasteiger partial charge in [-0.3, -0.25) is 0 Å². The molecule has 0 radical (unpaired) electrons. The Morgan fingerprint density at radius 1 is 1.65 bits per heavy atom. The SMILES string of the molecule is C=CCNc1nc(C)cn1C(C)c1nccs1. The molecule has 0 bridgehead atoms. The molecule has 2 aromatic rings. The second-order valence-corrected chi connectivity index (χ2v) is 4.76. The topological polar surface area (TPSA) is 42.7 Å². The first-order valence-electron chi connectivity index (χ1n) is 5.52. The van der Waals surface area contributed by atoms with Crippen LogP contribution in [0.1, 0.15) is 23.7 Å². The molecule has 17 heavy (non-hydrogen) atoms. The average molecular weight is 248 g/mol. The van der Waals surface area contributed by atoms with Gasteiger partial charge in [0, 0.05) is 24.3 Å². The molecule has 2 heterocycles. The van der Waals surface area contributed by atoms with Gasteiger partial charge in [0.15, 0.2) is 0 Å². The van der Waals surface area contributed by atoms with Crippen LogP contribution in [-0.2, 0) is 0 Å². The molecule has 0 spiro atoms. The number of rotatable bonds is 5. The summed E-state index contributed by atoms with van der Waals surface area (Å²) in [6.45, 7) is 8.52. The zero-order valence-electron chi connectivity index (χ0n) is 10.1. The lowest BCUT2D eigenvalue weighted by molar-refractivity contribution is 0.640. The number of hydrogen-bond acceptors (Lipinski definition) is 4. The molecule has 0 saturated heterocycles. The molecular weight excluding hydrogens is 232 g/mol. The third-order valence-corrected chi connectivity index (χ3v) is 3.43. The lowest BCUT2D eigenvalue weighted by atomic mass is 10.3.